The zero-order valence-electron chi connectivity index (χ0n) is 16.7. The molecule has 2 amide bonds. The summed E-state index contributed by atoms with van der Waals surface area (Å²) in [6.07, 6.45) is 8.24. The molecular weight excluding hydrogens is 384 g/mol. The van der Waals surface area contributed by atoms with Crippen LogP contribution < -0.4 is 10.6 Å². The maximum absolute atomic E-state index is 12.3. The molecule has 152 valence electrons. The lowest BCUT2D eigenvalue weighted by Gasteiger charge is -2.11. The molecule has 30 heavy (non-hydrogen) atoms. The zero-order valence-corrected chi connectivity index (χ0v) is 16.7. The van der Waals surface area contributed by atoms with Crippen molar-refractivity contribution in [3.63, 3.8) is 0 Å². The van der Waals surface area contributed by atoms with Crippen LogP contribution in [0.5, 0.6) is 0 Å². The summed E-state index contributed by atoms with van der Waals surface area (Å²) in [5.41, 5.74) is 2.12. The van der Waals surface area contributed by atoms with Gasteiger partial charge in [-0.1, -0.05) is 6.07 Å². The Morgan fingerprint density at radius 3 is 2.57 bits per heavy atom. The van der Waals surface area contributed by atoms with Gasteiger partial charge in [-0.2, -0.15) is 5.10 Å². The van der Waals surface area contributed by atoms with E-state index in [4.69, 9.17) is 0 Å². The Hall–Kier alpha value is -4.15. The van der Waals surface area contributed by atoms with E-state index in [-0.39, 0.29) is 6.04 Å². The van der Waals surface area contributed by atoms with Crippen LogP contribution in [0.25, 0.3) is 22.8 Å². The van der Waals surface area contributed by atoms with Crippen LogP contribution in [0, 0.1) is 0 Å². The van der Waals surface area contributed by atoms with Gasteiger partial charge in [-0.05, 0) is 26.0 Å². The number of hydrogen-bond donors (Lipinski definition) is 2. The molecule has 2 N–H and O–H groups in total. The predicted molar refractivity (Wildman–Crippen MR) is 111 cm³/mol. The molecule has 0 radical (unpaired) electrons. The highest BCUT2D eigenvalue weighted by Gasteiger charge is 2.13. The standard InChI is InChI=1S/C19H20N10O/c1-12(2)29-11-22-27-18(29)14-5-4-6-16(24-14)25-19(30)26-17-9-20-15(8-21-17)13-7-23-28(3)10-13/h4-12H,1-3H3,(H2,21,24,25,26,30). The van der Waals surface area contributed by atoms with Gasteiger partial charge in [0.15, 0.2) is 11.6 Å². The van der Waals surface area contributed by atoms with E-state index < -0.39 is 6.03 Å². The first-order valence-electron chi connectivity index (χ1n) is 9.25. The first-order chi connectivity index (χ1) is 14.5. The number of carbonyl (C=O) groups is 1. The maximum Gasteiger partial charge on any atom is 0.326 e. The Bertz CT molecular complexity index is 1160. The third kappa shape index (κ3) is 4.14. The van der Waals surface area contributed by atoms with Crippen molar-refractivity contribution in [3.05, 3.63) is 49.3 Å². The molecule has 11 nitrogen and oxygen atoms in total. The number of pyridine rings is 1. The van der Waals surface area contributed by atoms with Crippen molar-refractivity contribution in [3.8, 4) is 22.8 Å². The van der Waals surface area contributed by atoms with E-state index in [9.17, 15) is 4.79 Å². The number of aryl methyl sites for hydroxylation is 1. The van der Waals surface area contributed by atoms with Crippen LogP contribution in [0.2, 0.25) is 0 Å². The molecule has 0 atom stereocenters. The lowest BCUT2D eigenvalue weighted by Crippen LogP contribution is -2.21. The summed E-state index contributed by atoms with van der Waals surface area (Å²) in [6.45, 7) is 4.06. The van der Waals surface area contributed by atoms with Crippen molar-refractivity contribution in [2.24, 2.45) is 7.05 Å². The minimum atomic E-state index is -0.478. The summed E-state index contributed by atoms with van der Waals surface area (Å²) < 4.78 is 3.59. The van der Waals surface area contributed by atoms with Crippen LogP contribution >= 0.6 is 0 Å². The highest BCUT2D eigenvalue weighted by atomic mass is 16.2. The van der Waals surface area contributed by atoms with Crippen LogP contribution in [0.15, 0.2) is 49.3 Å². The fourth-order valence-electron chi connectivity index (χ4n) is 2.79. The lowest BCUT2D eigenvalue weighted by molar-refractivity contribution is 0.262. The van der Waals surface area contributed by atoms with Gasteiger partial charge >= 0.3 is 6.03 Å². The Kier molecular flexibility index (Phi) is 5.16. The van der Waals surface area contributed by atoms with Gasteiger partial charge in [-0.3, -0.25) is 20.3 Å². The maximum atomic E-state index is 12.3. The van der Waals surface area contributed by atoms with E-state index in [1.807, 2.05) is 37.7 Å². The molecular formula is C19H20N10O. The molecule has 4 heterocycles. The molecule has 4 aromatic heterocycles. The van der Waals surface area contributed by atoms with Gasteiger partial charge in [-0.15, -0.1) is 10.2 Å². The Morgan fingerprint density at radius 1 is 1.03 bits per heavy atom. The Balaban J connectivity index is 1.44. The molecule has 0 spiro atoms. The quantitative estimate of drug-likeness (QED) is 0.523. The van der Waals surface area contributed by atoms with Crippen LogP contribution in [-0.4, -0.2) is 45.5 Å². The van der Waals surface area contributed by atoms with Crippen LogP contribution in [0.1, 0.15) is 19.9 Å². The lowest BCUT2D eigenvalue weighted by atomic mass is 10.3. The number of amides is 2. The number of nitrogens with zero attached hydrogens (tertiary/aromatic N) is 8. The van der Waals surface area contributed by atoms with Crippen molar-refractivity contribution in [2.45, 2.75) is 19.9 Å². The average Bonchev–Trinajstić information content (AvgIpc) is 3.38. The smallest absolute Gasteiger partial charge is 0.310 e. The van der Waals surface area contributed by atoms with Crippen molar-refractivity contribution in [1.29, 1.82) is 0 Å². The van der Waals surface area contributed by atoms with Gasteiger partial charge in [0.05, 0.1) is 24.3 Å². The number of nitrogens with one attached hydrogen (secondary N) is 2. The molecule has 0 bridgehead atoms. The van der Waals surface area contributed by atoms with Gasteiger partial charge in [0, 0.05) is 24.8 Å². The van der Waals surface area contributed by atoms with E-state index >= 15 is 0 Å². The second-order valence-corrected chi connectivity index (χ2v) is 6.83. The highest BCUT2D eigenvalue weighted by Crippen LogP contribution is 2.20. The topological polar surface area (TPSA) is 128 Å². The minimum Gasteiger partial charge on any atom is -0.310 e. The molecule has 0 fully saturated rings. The first-order valence-corrected chi connectivity index (χ1v) is 9.25. The molecule has 4 rings (SSSR count). The summed E-state index contributed by atoms with van der Waals surface area (Å²) in [4.78, 5) is 25.3. The molecule has 0 aliphatic rings. The number of urea groups is 1. The van der Waals surface area contributed by atoms with Gasteiger partial charge in [0.2, 0.25) is 0 Å². The molecule has 0 aromatic carbocycles. The Labute approximate surface area is 172 Å². The number of hydrogen-bond acceptors (Lipinski definition) is 7. The van der Waals surface area contributed by atoms with Crippen molar-refractivity contribution in [2.75, 3.05) is 10.6 Å². The summed E-state index contributed by atoms with van der Waals surface area (Å²) in [7, 11) is 1.83. The fraction of sp³-hybridized carbons (Fsp3) is 0.211. The highest BCUT2D eigenvalue weighted by molar-refractivity contribution is 5.98. The van der Waals surface area contributed by atoms with Crippen LogP contribution in [-0.2, 0) is 7.05 Å². The SMILES string of the molecule is CC(C)n1cnnc1-c1cccc(NC(=O)Nc2cnc(-c3cnn(C)c3)cn2)n1. The molecule has 0 saturated heterocycles. The average molecular weight is 404 g/mol. The summed E-state index contributed by atoms with van der Waals surface area (Å²) >= 11 is 0. The van der Waals surface area contributed by atoms with Gasteiger partial charge < -0.3 is 4.57 Å². The van der Waals surface area contributed by atoms with Crippen molar-refractivity contribution in [1.82, 2.24) is 39.5 Å². The van der Waals surface area contributed by atoms with Crippen molar-refractivity contribution < 1.29 is 4.79 Å². The molecule has 0 aliphatic heterocycles. The molecule has 11 heteroatoms. The third-order valence-electron chi connectivity index (χ3n) is 4.24. The Morgan fingerprint density at radius 2 is 1.87 bits per heavy atom. The van der Waals surface area contributed by atoms with E-state index in [0.717, 1.165) is 5.56 Å². The first kappa shape index (κ1) is 19.2. The number of aromatic nitrogens is 8. The summed E-state index contributed by atoms with van der Waals surface area (Å²) in [5, 5.41) is 17.5. The second kappa shape index (κ2) is 8.07. The fourth-order valence-corrected chi connectivity index (χ4v) is 2.79. The van der Waals surface area contributed by atoms with Crippen molar-refractivity contribution >= 4 is 17.7 Å². The minimum absolute atomic E-state index is 0.185. The summed E-state index contributed by atoms with van der Waals surface area (Å²) in [6, 6.07) is 5.00. The molecule has 4 aromatic rings. The second-order valence-electron chi connectivity index (χ2n) is 6.83. The van der Waals surface area contributed by atoms with E-state index in [0.29, 0.717) is 28.8 Å². The predicted octanol–water partition coefficient (Wildman–Crippen LogP) is 2.76. The zero-order chi connectivity index (χ0) is 21.1. The number of carbonyl (C=O) groups excluding carboxylic acids is 1. The third-order valence-corrected chi connectivity index (χ3v) is 4.24. The molecule has 0 saturated carbocycles. The van der Waals surface area contributed by atoms with Gasteiger partial charge in [0.1, 0.15) is 17.8 Å². The molecule has 0 unspecified atom stereocenters. The monoisotopic (exact) mass is 404 g/mol. The normalized spacial score (nSPS) is 10.9. The number of anilines is 2. The van der Waals surface area contributed by atoms with Crippen LogP contribution in [0.4, 0.5) is 16.4 Å². The van der Waals surface area contributed by atoms with Crippen LogP contribution in [0.3, 0.4) is 0 Å². The van der Waals surface area contributed by atoms with E-state index in [1.165, 1.54) is 6.20 Å². The number of rotatable bonds is 5. The van der Waals surface area contributed by atoms with Gasteiger partial charge in [-0.25, -0.2) is 14.8 Å². The van der Waals surface area contributed by atoms with E-state index in [1.54, 1.807) is 35.5 Å². The largest absolute Gasteiger partial charge is 0.326 e. The van der Waals surface area contributed by atoms with E-state index in [2.05, 4.69) is 40.9 Å². The summed E-state index contributed by atoms with van der Waals surface area (Å²) in [5.74, 6) is 1.32. The molecule has 0 aliphatic carbocycles. The van der Waals surface area contributed by atoms with Gasteiger partial charge in [0.25, 0.3) is 0 Å².